The lowest BCUT2D eigenvalue weighted by Crippen LogP contribution is -2.54. The molecule has 6 rings (SSSR count). The monoisotopic (exact) mass is 449 g/mol. The topological polar surface area (TPSA) is 69.7 Å². The second-order valence-electron chi connectivity index (χ2n) is 9.57. The SMILES string of the molecule is Cc1ccc(N2C(=O)[C@H]3[C@@H](C2=O)[C@@]2(C(=O)Nc4c(C)cc(Cl)cc42)N2CCC[C@@H]32)c(C)c1. The molecule has 4 aliphatic rings. The van der Waals surface area contributed by atoms with E-state index >= 15 is 0 Å². The first kappa shape index (κ1) is 19.9. The van der Waals surface area contributed by atoms with E-state index in [2.05, 4.69) is 10.2 Å². The molecule has 1 N–H and O–H groups in total. The summed E-state index contributed by atoms with van der Waals surface area (Å²) in [6, 6.07) is 9.21. The number of fused-ring (bicyclic) bond motifs is 7. The number of nitrogens with one attached hydrogen (secondary N) is 1. The van der Waals surface area contributed by atoms with Crippen molar-refractivity contribution < 1.29 is 14.4 Å². The normalized spacial score (nSPS) is 30.8. The highest BCUT2D eigenvalue weighted by molar-refractivity contribution is 6.31. The summed E-state index contributed by atoms with van der Waals surface area (Å²) in [5.74, 6) is -2.01. The molecular weight excluding hydrogens is 426 g/mol. The van der Waals surface area contributed by atoms with Gasteiger partial charge in [-0.15, -0.1) is 0 Å². The van der Waals surface area contributed by atoms with Crippen molar-refractivity contribution in [2.75, 3.05) is 16.8 Å². The Hall–Kier alpha value is -2.70. The average Bonchev–Trinajstić information content (AvgIpc) is 3.42. The van der Waals surface area contributed by atoms with Gasteiger partial charge in [0.15, 0.2) is 0 Å². The van der Waals surface area contributed by atoms with Crippen molar-refractivity contribution in [1.82, 2.24) is 4.90 Å². The summed E-state index contributed by atoms with van der Waals surface area (Å²) >= 11 is 6.43. The summed E-state index contributed by atoms with van der Waals surface area (Å²) in [5, 5.41) is 3.57. The van der Waals surface area contributed by atoms with Gasteiger partial charge >= 0.3 is 0 Å². The number of amides is 3. The highest BCUT2D eigenvalue weighted by Gasteiger charge is 2.74. The van der Waals surface area contributed by atoms with Crippen LogP contribution >= 0.6 is 11.6 Å². The lowest BCUT2D eigenvalue weighted by Gasteiger charge is -2.37. The number of hydrogen-bond donors (Lipinski definition) is 1. The van der Waals surface area contributed by atoms with Crippen molar-refractivity contribution in [2.45, 2.75) is 45.2 Å². The number of anilines is 2. The fourth-order valence-electron chi connectivity index (χ4n) is 6.73. The maximum absolute atomic E-state index is 14.0. The third kappa shape index (κ3) is 2.22. The van der Waals surface area contributed by atoms with Crippen LogP contribution in [0.15, 0.2) is 30.3 Å². The van der Waals surface area contributed by atoms with E-state index in [1.165, 1.54) is 4.90 Å². The molecule has 0 radical (unpaired) electrons. The molecule has 6 nitrogen and oxygen atoms in total. The summed E-state index contributed by atoms with van der Waals surface area (Å²) in [6.45, 7) is 6.48. The van der Waals surface area contributed by atoms with Crippen LogP contribution in [0.25, 0.3) is 0 Å². The first-order valence-electron chi connectivity index (χ1n) is 11.1. The zero-order valence-electron chi connectivity index (χ0n) is 18.2. The van der Waals surface area contributed by atoms with Gasteiger partial charge in [0.25, 0.3) is 0 Å². The largest absolute Gasteiger partial charge is 0.324 e. The van der Waals surface area contributed by atoms with Crippen molar-refractivity contribution in [2.24, 2.45) is 11.8 Å². The molecule has 4 atom stereocenters. The highest BCUT2D eigenvalue weighted by Crippen LogP contribution is 2.61. The van der Waals surface area contributed by atoms with Crippen LogP contribution in [0.5, 0.6) is 0 Å². The molecule has 4 heterocycles. The molecule has 164 valence electrons. The number of halogens is 1. The molecule has 0 saturated carbocycles. The fourth-order valence-corrected chi connectivity index (χ4v) is 7.00. The van der Waals surface area contributed by atoms with Crippen LogP contribution in [0, 0.1) is 32.6 Å². The van der Waals surface area contributed by atoms with E-state index in [1.54, 1.807) is 6.07 Å². The number of carbonyl (C=O) groups is 3. The summed E-state index contributed by atoms with van der Waals surface area (Å²) < 4.78 is 0. The molecule has 2 aromatic carbocycles. The Bertz CT molecular complexity index is 1240. The second-order valence-corrected chi connectivity index (χ2v) is 10.0. The van der Waals surface area contributed by atoms with Gasteiger partial charge in [0.05, 0.1) is 17.5 Å². The standard InChI is InChI=1S/C25H24ClN3O3/c1-12-6-7-17(13(2)9-12)29-22(30)19-18-5-4-8-28(18)25(20(19)23(29)31)16-11-15(26)10-14(3)21(16)27-24(25)32/h6-7,9-11,18-20H,4-5,8H2,1-3H3,(H,27,32)/t18-,19+,20-,25-/m0/s1. The molecule has 7 heteroatoms. The lowest BCUT2D eigenvalue weighted by molar-refractivity contribution is -0.135. The minimum atomic E-state index is -1.20. The fraction of sp³-hybridized carbons (Fsp3) is 0.400. The van der Waals surface area contributed by atoms with E-state index in [0.717, 1.165) is 40.8 Å². The quantitative estimate of drug-likeness (QED) is 0.674. The number of aryl methyl sites for hydroxylation is 3. The van der Waals surface area contributed by atoms with Gasteiger partial charge in [0, 0.05) is 22.3 Å². The summed E-state index contributed by atoms with van der Waals surface area (Å²) in [5.41, 5.74) is 3.67. The van der Waals surface area contributed by atoms with Crippen LogP contribution in [-0.2, 0) is 19.9 Å². The van der Waals surface area contributed by atoms with E-state index in [-0.39, 0.29) is 23.8 Å². The Morgan fingerprint density at radius 1 is 1.03 bits per heavy atom. The maximum atomic E-state index is 14.0. The van der Waals surface area contributed by atoms with E-state index < -0.39 is 17.4 Å². The minimum Gasteiger partial charge on any atom is -0.324 e. The van der Waals surface area contributed by atoms with E-state index in [4.69, 9.17) is 11.6 Å². The second kappa shape index (κ2) is 6.42. The molecule has 1 spiro atoms. The molecule has 0 bridgehead atoms. The van der Waals surface area contributed by atoms with Crippen molar-refractivity contribution >= 4 is 40.7 Å². The molecule has 3 saturated heterocycles. The molecule has 0 aromatic heterocycles. The average molecular weight is 450 g/mol. The van der Waals surface area contributed by atoms with Gasteiger partial charge in [-0.3, -0.25) is 19.3 Å². The smallest absolute Gasteiger partial charge is 0.250 e. The number of nitrogens with zero attached hydrogens (tertiary/aromatic N) is 2. The van der Waals surface area contributed by atoms with Gasteiger partial charge in [-0.1, -0.05) is 29.3 Å². The van der Waals surface area contributed by atoms with Crippen molar-refractivity contribution in [3.05, 3.63) is 57.6 Å². The number of benzene rings is 2. The number of carbonyl (C=O) groups excluding carboxylic acids is 3. The maximum Gasteiger partial charge on any atom is 0.250 e. The van der Waals surface area contributed by atoms with Crippen LogP contribution in [0.1, 0.15) is 35.1 Å². The molecular formula is C25H24ClN3O3. The van der Waals surface area contributed by atoms with E-state index in [0.29, 0.717) is 17.3 Å². The van der Waals surface area contributed by atoms with Gasteiger partial charge in [0.2, 0.25) is 17.7 Å². The molecule has 0 aliphatic carbocycles. The van der Waals surface area contributed by atoms with Gasteiger partial charge in [-0.05, 0) is 69.5 Å². The summed E-state index contributed by atoms with van der Waals surface area (Å²) in [6.07, 6.45) is 1.69. The predicted octanol–water partition coefficient (Wildman–Crippen LogP) is 3.70. The summed E-state index contributed by atoms with van der Waals surface area (Å²) in [4.78, 5) is 45.0. The van der Waals surface area contributed by atoms with Gasteiger partial charge in [0.1, 0.15) is 5.54 Å². The summed E-state index contributed by atoms with van der Waals surface area (Å²) in [7, 11) is 0. The number of hydrogen-bond acceptors (Lipinski definition) is 4. The first-order chi connectivity index (χ1) is 15.3. The Balaban J connectivity index is 1.58. The highest BCUT2D eigenvalue weighted by atomic mass is 35.5. The Morgan fingerprint density at radius 2 is 1.81 bits per heavy atom. The molecule has 2 aromatic rings. The van der Waals surface area contributed by atoms with Crippen molar-refractivity contribution in [1.29, 1.82) is 0 Å². The van der Waals surface area contributed by atoms with Crippen LogP contribution in [-0.4, -0.2) is 35.2 Å². The third-order valence-corrected chi connectivity index (χ3v) is 8.08. The Labute approximate surface area is 191 Å². The Morgan fingerprint density at radius 3 is 2.56 bits per heavy atom. The number of rotatable bonds is 1. The minimum absolute atomic E-state index is 0.136. The van der Waals surface area contributed by atoms with E-state index in [9.17, 15) is 14.4 Å². The van der Waals surface area contributed by atoms with Crippen molar-refractivity contribution in [3.8, 4) is 0 Å². The van der Waals surface area contributed by atoms with Crippen LogP contribution in [0.4, 0.5) is 11.4 Å². The first-order valence-corrected chi connectivity index (χ1v) is 11.5. The van der Waals surface area contributed by atoms with Gasteiger partial charge in [-0.2, -0.15) is 0 Å². The predicted molar refractivity (Wildman–Crippen MR) is 122 cm³/mol. The van der Waals surface area contributed by atoms with Crippen LogP contribution in [0.2, 0.25) is 5.02 Å². The molecule has 3 fully saturated rings. The van der Waals surface area contributed by atoms with Crippen molar-refractivity contribution in [3.63, 3.8) is 0 Å². The third-order valence-electron chi connectivity index (χ3n) is 7.86. The van der Waals surface area contributed by atoms with Crippen LogP contribution < -0.4 is 10.2 Å². The molecule has 32 heavy (non-hydrogen) atoms. The zero-order valence-corrected chi connectivity index (χ0v) is 19.0. The molecule has 4 aliphatic heterocycles. The Kier molecular flexibility index (Phi) is 4.00. The zero-order chi connectivity index (χ0) is 22.5. The number of imide groups is 1. The van der Waals surface area contributed by atoms with Crippen LogP contribution in [0.3, 0.4) is 0 Å². The van der Waals surface area contributed by atoms with Gasteiger partial charge in [-0.25, -0.2) is 4.90 Å². The molecule has 0 unspecified atom stereocenters. The van der Waals surface area contributed by atoms with E-state index in [1.807, 2.05) is 45.0 Å². The van der Waals surface area contributed by atoms with Gasteiger partial charge < -0.3 is 5.32 Å². The molecule has 3 amide bonds. The lowest BCUT2D eigenvalue weighted by atomic mass is 9.75.